The fraction of sp³-hybridized carbons (Fsp3) is 0.450. The van der Waals surface area contributed by atoms with Gasteiger partial charge >= 0.3 is 12.2 Å². The number of carboxylic acid groups (broad SMARTS) is 1. The van der Waals surface area contributed by atoms with Crippen LogP contribution >= 0.6 is 0 Å². The molecule has 2 aromatic carbocycles. The van der Waals surface area contributed by atoms with Crippen molar-refractivity contribution in [2.75, 3.05) is 27.2 Å². The molecule has 2 saturated heterocycles. The summed E-state index contributed by atoms with van der Waals surface area (Å²) in [6, 6.07) is 13.2. The molecule has 6 N–H and O–H groups in total. The Balaban J connectivity index is 1.13. The molecule has 0 aliphatic carbocycles. The first kappa shape index (κ1) is 39.9. The molecule has 0 spiro atoms. The van der Waals surface area contributed by atoms with Crippen LogP contribution in [0.1, 0.15) is 64.3 Å². The lowest BCUT2D eigenvalue weighted by Crippen LogP contribution is -2.51. The number of nitrogens with one attached hydrogen (secondary N) is 3. The molecule has 2 aliphatic heterocycles. The van der Waals surface area contributed by atoms with Crippen LogP contribution in [0.15, 0.2) is 60.9 Å². The van der Waals surface area contributed by atoms with Gasteiger partial charge in [-0.15, -0.1) is 0 Å². The highest BCUT2D eigenvalue weighted by Gasteiger charge is 2.43. The molecule has 4 amide bonds. The first-order chi connectivity index (χ1) is 26.7. The lowest BCUT2D eigenvalue weighted by Gasteiger charge is -2.33. The summed E-state index contributed by atoms with van der Waals surface area (Å²) in [7, 11) is 2.62. The second kappa shape index (κ2) is 16.5. The number of ether oxygens (including phenoxy) is 1. The number of nitrogens with zero attached hydrogens (tertiary/aromatic N) is 5. The van der Waals surface area contributed by atoms with Crippen LogP contribution in [-0.4, -0.2) is 125 Å². The summed E-state index contributed by atoms with van der Waals surface area (Å²) in [5.74, 6) is -0.101. The Morgan fingerprint density at radius 3 is 1.57 bits per heavy atom. The summed E-state index contributed by atoms with van der Waals surface area (Å²) >= 11 is 0. The Morgan fingerprint density at radius 1 is 0.750 bits per heavy atom. The average molecular weight is 771 g/mol. The van der Waals surface area contributed by atoms with Crippen LogP contribution in [-0.2, 0) is 14.3 Å². The predicted octanol–water partition coefficient (Wildman–Crippen LogP) is 4.42. The van der Waals surface area contributed by atoms with Gasteiger partial charge in [-0.25, -0.2) is 19.6 Å². The van der Waals surface area contributed by atoms with Gasteiger partial charge in [-0.3, -0.25) is 14.5 Å². The van der Waals surface area contributed by atoms with E-state index in [9.17, 15) is 34.5 Å². The van der Waals surface area contributed by atoms with Crippen molar-refractivity contribution in [3.8, 4) is 33.6 Å². The second-order valence-corrected chi connectivity index (χ2v) is 15.3. The highest BCUT2D eigenvalue weighted by atomic mass is 16.5. The fourth-order valence-electron chi connectivity index (χ4n) is 7.69. The Morgan fingerprint density at radius 2 is 1.18 bits per heavy atom. The number of likely N-dealkylation sites (N-methyl/N-ethyl adjacent to an activating group) is 1. The maximum atomic E-state index is 13.6. The molecule has 4 aromatic rings. The van der Waals surface area contributed by atoms with Gasteiger partial charge in [0, 0.05) is 33.0 Å². The van der Waals surface area contributed by atoms with E-state index in [0.717, 1.165) is 38.5 Å². The first-order valence-electron chi connectivity index (χ1n) is 18.7. The molecule has 6 rings (SSSR count). The Kier molecular flexibility index (Phi) is 11.8. The minimum atomic E-state index is -1.20. The number of carbonyl (C=O) groups excluding carboxylic acids is 3. The van der Waals surface area contributed by atoms with Gasteiger partial charge in [0.2, 0.25) is 11.8 Å². The second-order valence-electron chi connectivity index (χ2n) is 15.3. The first-order valence-corrected chi connectivity index (χ1v) is 18.7. The molecule has 2 aliphatic rings. The number of aliphatic hydroxyl groups is 2. The quantitative estimate of drug-likeness (QED) is 0.126. The van der Waals surface area contributed by atoms with Crippen molar-refractivity contribution < 1.29 is 39.2 Å². The largest absolute Gasteiger partial charge is 0.465 e. The normalized spacial score (nSPS) is 20.7. The van der Waals surface area contributed by atoms with Gasteiger partial charge in [0.15, 0.2) is 0 Å². The zero-order valence-electron chi connectivity index (χ0n) is 32.3. The van der Waals surface area contributed by atoms with Crippen LogP contribution in [0.3, 0.4) is 0 Å². The molecule has 0 saturated carbocycles. The van der Waals surface area contributed by atoms with Crippen molar-refractivity contribution in [3.63, 3.8) is 0 Å². The van der Waals surface area contributed by atoms with Crippen LogP contribution in [0.2, 0.25) is 0 Å². The number of likely N-dealkylation sites (tertiary alicyclic amines) is 2. The molecule has 16 heteroatoms. The summed E-state index contributed by atoms with van der Waals surface area (Å²) in [5, 5.41) is 33.2. The standard InChI is InChI=1S/C40H50N8O8/c1-21(2)33(45-39(53)56-6)37(51)47-19-27(49)15-31(47)35-41-17-29(43-35)25-11-7-23(8-12-25)24-9-13-26(14-10-24)30-18-42-36(44-30)32-16-28(50)20-48(32)38(52)34(22(3)4)46(5)40(54)55/h7-14,17-18,21-22,27-28,31-34,49-50H,15-16,19-20H2,1-6H3,(H,41,43)(H,42,44)(H,45,53)(H,54,55)/t27-,28-,31-,32-,33-,34-/m0/s1. The van der Waals surface area contributed by atoms with E-state index in [4.69, 9.17) is 4.74 Å². The molecular weight excluding hydrogens is 720 g/mol. The van der Waals surface area contributed by atoms with Crippen molar-refractivity contribution in [2.24, 2.45) is 11.8 Å². The van der Waals surface area contributed by atoms with Crippen LogP contribution in [0.4, 0.5) is 9.59 Å². The molecule has 0 unspecified atom stereocenters. The highest BCUT2D eigenvalue weighted by Crippen LogP contribution is 2.36. The summed E-state index contributed by atoms with van der Waals surface area (Å²) in [4.78, 5) is 70.7. The molecule has 2 aromatic heterocycles. The van der Waals surface area contributed by atoms with E-state index in [2.05, 4.69) is 25.3 Å². The smallest absolute Gasteiger partial charge is 0.407 e. The number of H-pyrrole nitrogens is 2. The van der Waals surface area contributed by atoms with E-state index >= 15 is 0 Å². The number of rotatable bonds is 11. The maximum Gasteiger partial charge on any atom is 0.407 e. The summed E-state index contributed by atoms with van der Waals surface area (Å²) < 4.78 is 4.72. The van der Waals surface area contributed by atoms with Gasteiger partial charge in [-0.1, -0.05) is 76.2 Å². The molecule has 0 radical (unpaired) electrons. The van der Waals surface area contributed by atoms with Gasteiger partial charge in [-0.05, 0) is 34.1 Å². The number of aromatic nitrogens is 4. The predicted molar refractivity (Wildman–Crippen MR) is 206 cm³/mol. The van der Waals surface area contributed by atoms with Gasteiger partial charge in [0.1, 0.15) is 23.7 Å². The van der Waals surface area contributed by atoms with Crippen molar-refractivity contribution in [1.29, 1.82) is 0 Å². The maximum absolute atomic E-state index is 13.6. The number of imidazole rings is 2. The minimum absolute atomic E-state index is 0.0893. The van der Waals surface area contributed by atoms with Crippen molar-refractivity contribution in [2.45, 2.75) is 76.9 Å². The number of aromatic amines is 2. The summed E-state index contributed by atoms with van der Waals surface area (Å²) in [6.45, 7) is 7.46. The molecule has 2 fully saturated rings. The highest BCUT2D eigenvalue weighted by molar-refractivity contribution is 5.87. The van der Waals surface area contributed by atoms with Gasteiger partial charge in [0.25, 0.3) is 0 Å². The number of alkyl carbamates (subject to hydrolysis) is 1. The number of hydrogen-bond acceptors (Lipinski definition) is 9. The Hall–Kier alpha value is -5.74. The number of hydrogen-bond donors (Lipinski definition) is 6. The average Bonchev–Trinajstić information content (AvgIpc) is 4.00. The fourth-order valence-corrected chi connectivity index (χ4v) is 7.69. The summed E-state index contributed by atoms with van der Waals surface area (Å²) in [5.41, 5.74) is 5.22. The number of benzene rings is 2. The van der Waals surface area contributed by atoms with Crippen LogP contribution < -0.4 is 5.32 Å². The van der Waals surface area contributed by atoms with Crippen LogP contribution in [0.5, 0.6) is 0 Å². The monoisotopic (exact) mass is 770 g/mol. The number of methoxy groups -OCH3 is 1. The van der Waals surface area contributed by atoms with Crippen LogP contribution in [0.25, 0.3) is 33.6 Å². The minimum Gasteiger partial charge on any atom is -0.465 e. The van der Waals surface area contributed by atoms with Gasteiger partial charge in [0.05, 0.1) is 55.2 Å². The topological polar surface area (TPSA) is 217 Å². The zero-order chi connectivity index (χ0) is 40.4. The van der Waals surface area contributed by atoms with Crippen molar-refractivity contribution >= 4 is 24.0 Å². The number of amides is 4. The van der Waals surface area contributed by atoms with E-state index < -0.39 is 48.6 Å². The van der Waals surface area contributed by atoms with Crippen molar-refractivity contribution in [1.82, 2.24) is 40.0 Å². The van der Waals surface area contributed by atoms with E-state index in [-0.39, 0.29) is 43.2 Å². The van der Waals surface area contributed by atoms with E-state index in [1.165, 1.54) is 19.1 Å². The third-order valence-electron chi connectivity index (χ3n) is 10.7. The third-order valence-corrected chi connectivity index (χ3v) is 10.7. The molecular formula is C40H50N8O8. The van der Waals surface area contributed by atoms with E-state index in [1.54, 1.807) is 31.1 Å². The number of β-amino-alcohol motifs (C(OH)–C–C–N with tert-alkyl or cyclic N) is 2. The molecule has 298 valence electrons. The van der Waals surface area contributed by atoms with E-state index in [0.29, 0.717) is 18.1 Å². The molecule has 16 nitrogen and oxygen atoms in total. The SMILES string of the molecule is COC(=O)N[C@H](C(=O)N1C[C@@H](O)C[C@H]1c1ncc(-c2ccc(-c3ccc(-c4cnc([C@@H]5C[C@H](O)CN5C(=O)[C@H](C(C)C)N(C)C(=O)O)[nH]4)cc3)cc2)[nH]1)C(C)C. The number of aliphatic hydroxyl groups excluding tert-OH is 2. The lowest BCUT2D eigenvalue weighted by atomic mass is 10.0. The van der Waals surface area contributed by atoms with Gasteiger partial charge < -0.3 is 45.1 Å². The Labute approximate surface area is 324 Å². The zero-order valence-corrected chi connectivity index (χ0v) is 32.3. The molecule has 6 atom stereocenters. The van der Waals surface area contributed by atoms with Gasteiger partial charge in [-0.2, -0.15) is 0 Å². The third kappa shape index (κ3) is 8.26. The van der Waals surface area contributed by atoms with Crippen molar-refractivity contribution in [3.05, 3.63) is 72.6 Å². The van der Waals surface area contributed by atoms with E-state index in [1.807, 2.05) is 62.4 Å². The Bertz CT molecular complexity index is 2030. The molecule has 56 heavy (non-hydrogen) atoms. The lowest BCUT2D eigenvalue weighted by molar-refractivity contribution is -0.139. The summed E-state index contributed by atoms with van der Waals surface area (Å²) in [6.07, 6.45) is 0.601. The molecule has 0 bridgehead atoms. The molecule has 4 heterocycles. The number of carbonyl (C=O) groups is 4. The van der Waals surface area contributed by atoms with Crippen LogP contribution in [0, 0.1) is 11.8 Å².